The van der Waals surface area contributed by atoms with Crippen LogP contribution in [0.25, 0.3) is 0 Å². The van der Waals surface area contributed by atoms with Gasteiger partial charge in [-0.2, -0.15) is 0 Å². The lowest BCUT2D eigenvalue weighted by Crippen LogP contribution is -2.07. The Balaban J connectivity index is 2.78. The Kier molecular flexibility index (Phi) is 5.75. The van der Waals surface area contributed by atoms with Gasteiger partial charge in [0, 0.05) is 4.90 Å². The summed E-state index contributed by atoms with van der Waals surface area (Å²) >= 11 is 1.09. The minimum absolute atomic E-state index is 0.211. The molecule has 0 spiro atoms. The second-order valence-corrected chi connectivity index (χ2v) is 7.83. The Morgan fingerprint density at radius 3 is 2.53 bits per heavy atom. The minimum Gasteiger partial charge on any atom is -0.469 e. The van der Waals surface area contributed by atoms with E-state index in [2.05, 4.69) is 4.74 Å². The molecule has 0 heterocycles. The monoisotopic (exact) mass is 274 g/mol. The van der Waals surface area contributed by atoms with Crippen molar-refractivity contribution in [2.24, 2.45) is 0 Å². The van der Waals surface area contributed by atoms with Crippen LogP contribution in [0.2, 0.25) is 0 Å². The average Bonchev–Trinajstić information content (AvgIpc) is 2.30. The molecule has 0 aromatic heterocycles. The van der Waals surface area contributed by atoms with E-state index in [-0.39, 0.29) is 6.16 Å². The van der Waals surface area contributed by atoms with Crippen molar-refractivity contribution in [2.45, 2.75) is 11.8 Å². The maximum absolute atomic E-state index is 12.4. The van der Waals surface area contributed by atoms with Crippen molar-refractivity contribution in [1.29, 1.82) is 0 Å². The maximum Gasteiger partial charge on any atom is 0.316 e. The molecule has 1 aromatic carbocycles. The van der Waals surface area contributed by atoms with Crippen LogP contribution >= 0.6 is 18.0 Å². The fourth-order valence-corrected chi connectivity index (χ4v) is 5.13. The van der Waals surface area contributed by atoms with Gasteiger partial charge in [-0.15, -0.1) is 0 Å². The van der Waals surface area contributed by atoms with E-state index in [0.717, 1.165) is 16.3 Å². The van der Waals surface area contributed by atoms with Crippen LogP contribution in [0.15, 0.2) is 35.2 Å². The minimum atomic E-state index is -3.07. The molecule has 0 radical (unpaired) electrons. The van der Waals surface area contributed by atoms with E-state index in [0.29, 0.717) is 6.61 Å². The van der Waals surface area contributed by atoms with E-state index < -0.39 is 12.5 Å². The largest absolute Gasteiger partial charge is 0.469 e. The third kappa shape index (κ3) is 4.94. The molecule has 6 heteroatoms. The first-order valence-electron chi connectivity index (χ1n) is 5.14. The van der Waals surface area contributed by atoms with Gasteiger partial charge in [-0.05, 0) is 30.4 Å². The number of methoxy groups -OCH3 is 1. The van der Waals surface area contributed by atoms with Crippen LogP contribution in [0, 0.1) is 0 Å². The number of ether oxygens (including phenoxy) is 1. The molecule has 0 fully saturated rings. The van der Waals surface area contributed by atoms with Crippen molar-refractivity contribution in [3.05, 3.63) is 30.3 Å². The van der Waals surface area contributed by atoms with Gasteiger partial charge >= 0.3 is 5.97 Å². The fourth-order valence-electron chi connectivity index (χ4n) is 1.17. The summed E-state index contributed by atoms with van der Waals surface area (Å²) in [7, 11) is 1.27. The molecule has 0 aliphatic carbocycles. The van der Waals surface area contributed by atoms with Crippen molar-refractivity contribution in [3.8, 4) is 0 Å². The van der Waals surface area contributed by atoms with Crippen molar-refractivity contribution in [1.82, 2.24) is 0 Å². The van der Waals surface area contributed by atoms with Gasteiger partial charge in [0.1, 0.15) is 6.16 Å². The normalized spacial score (nSPS) is 14.0. The lowest BCUT2D eigenvalue weighted by molar-refractivity contribution is -0.137. The number of rotatable bonds is 6. The molecule has 0 amide bonds. The second kappa shape index (κ2) is 6.84. The van der Waals surface area contributed by atoms with Crippen molar-refractivity contribution < 1.29 is 18.6 Å². The first-order valence-corrected chi connectivity index (χ1v) is 8.38. The maximum atomic E-state index is 12.4. The molecule has 0 aliphatic rings. The van der Waals surface area contributed by atoms with Crippen LogP contribution in [0.5, 0.6) is 0 Å². The van der Waals surface area contributed by atoms with Gasteiger partial charge in [-0.3, -0.25) is 9.36 Å². The van der Waals surface area contributed by atoms with Crippen LogP contribution in [0.4, 0.5) is 0 Å². The molecule has 4 nitrogen and oxygen atoms in total. The quantitative estimate of drug-likeness (QED) is 0.589. The Morgan fingerprint density at radius 2 is 2.00 bits per heavy atom. The van der Waals surface area contributed by atoms with E-state index in [1.165, 1.54) is 7.11 Å². The third-order valence-corrected chi connectivity index (χ3v) is 6.09. The fraction of sp³-hybridized carbons (Fsp3) is 0.364. The lowest BCUT2D eigenvalue weighted by atomic mass is 10.4. The summed E-state index contributed by atoms with van der Waals surface area (Å²) < 4.78 is 22.1. The number of carbonyl (C=O) groups excluding carboxylic acids is 1. The van der Waals surface area contributed by atoms with E-state index >= 15 is 0 Å². The van der Waals surface area contributed by atoms with E-state index in [1.807, 2.05) is 30.3 Å². The van der Waals surface area contributed by atoms with Gasteiger partial charge in [-0.1, -0.05) is 18.2 Å². The van der Waals surface area contributed by atoms with Crippen molar-refractivity contribution in [3.63, 3.8) is 0 Å². The second-order valence-electron chi connectivity index (χ2n) is 3.17. The van der Waals surface area contributed by atoms with Crippen LogP contribution in [-0.2, 0) is 18.6 Å². The van der Waals surface area contributed by atoms with Gasteiger partial charge in [0.2, 0.25) is 0 Å². The molecule has 94 valence electrons. The highest BCUT2D eigenvalue weighted by Gasteiger charge is 2.28. The summed E-state index contributed by atoms with van der Waals surface area (Å²) in [4.78, 5) is 12.0. The molecule has 0 saturated carbocycles. The Labute approximate surface area is 105 Å². The van der Waals surface area contributed by atoms with Crippen LogP contribution in [0.1, 0.15) is 6.92 Å². The zero-order valence-electron chi connectivity index (χ0n) is 9.79. The highest BCUT2D eigenvalue weighted by Crippen LogP contribution is 2.62. The van der Waals surface area contributed by atoms with Gasteiger partial charge < -0.3 is 9.26 Å². The molecule has 1 unspecified atom stereocenters. The van der Waals surface area contributed by atoms with Gasteiger partial charge in [0.25, 0.3) is 6.57 Å². The molecule has 17 heavy (non-hydrogen) atoms. The SMILES string of the molecule is CCOP(=O)(CC(=O)OC)Sc1ccccc1. The predicted molar refractivity (Wildman–Crippen MR) is 68.4 cm³/mol. The number of benzene rings is 1. The van der Waals surface area contributed by atoms with Crippen LogP contribution < -0.4 is 0 Å². The Bertz CT molecular complexity index is 407. The predicted octanol–water partition coefficient (Wildman–Crippen LogP) is 3.18. The zero-order chi connectivity index (χ0) is 12.7. The van der Waals surface area contributed by atoms with E-state index in [9.17, 15) is 9.36 Å². The van der Waals surface area contributed by atoms with E-state index in [4.69, 9.17) is 4.52 Å². The summed E-state index contributed by atoms with van der Waals surface area (Å²) in [5.74, 6) is -0.523. The van der Waals surface area contributed by atoms with Crippen molar-refractivity contribution >= 4 is 23.9 Å². The third-order valence-electron chi connectivity index (χ3n) is 1.86. The van der Waals surface area contributed by atoms with Gasteiger partial charge in [-0.25, -0.2) is 0 Å². The van der Waals surface area contributed by atoms with Gasteiger partial charge in [0.15, 0.2) is 0 Å². The summed E-state index contributed by atoms with van der Waals surface area (Å²) in [5, 5.41) is 0. The Morgan fingerprint density at radius 1 is 1.35 bits per heavy atom. The smallest absolute Gasteiger partial charge is 0.316 e. The molecule has 0 aliphatic heterocycles. The molecule has 0 N–H and O–H groups in total. The summed E-state index contributed by atoms with van der Waals surface area (Å²) in [6.45, 7) is -1.03. The van der Waals surface area contributed by atoms with Crippen molar-refractivity contribution in [2.75, 3.05) is 19.9 Å². The zero-order valence-corrected chi connectivity index (χ0v) is 11.5. The number of hydrogen-bond acceptors (Lipinski definition) is 5. The number of hydrogen-bond donors (Lipinski definition) is 0. The number of carbonyl (C=O) groups is 1. The van der Waals surface area contributed by atoms with Crippen LogP contribution in [0.3, 0.4) is 0 Å². The first kappa shape index (κ1) is 14.3. The van der Waals surface area contributed by atoms with Gasteiger partial charge in [0.05, 0.1) is 13.7 Å². The lowest BCUT2D eigenvalue weighted by Gasteiger charge is -2.15. The first-order chi connectivity index (χ1) is 8.09. The highest BCUT2D eigenvalue weighted by atomic mass is 32.7. The topological polar surface area (TPSA) is 52.6 Å². The van der Waals surface area contributed by atoms with E-state index in [1.54, 1.807) is 6.92 Å². The Hall–Kier alpha value is -0.770. The summed E-state index contributed by atoms with van der Waals surface area (Å²) in [6, 6.07) is 9.21. The molecule has 0 saturated heterocycles. The van der Waals surface area contributed by atoms with Crippen LogP contribution in [-0.4, -0.2) is 25.8 Å². The molecule has 1 atom stereocenters. The number of esters is 1. The summed E-state index contributed by atoms with van der Waals surface area (Å²) in [6.07, 6.45) is -0.211. The molecular formula is C11H15O4PS. The molecular weight excluding hydrogens is 259 g/mol. The standard InChI is InChI=1S/C11H15O4PS/c1-3-15-16(13,9-11(12)14-2)17-10-7-5-4-6-8-10/h4-8H,3,9H2,1-2H3. The highest BCUT2D eigenvalue weighted by molar-refractivity contribution is 8.56. The average molecular weight is 274 g/mol. The molecule has 1 aromatic rings. The molecule has 1 rings (SSSR count). The molecule has 0 bridgehead atoms. The summed E-state index contributed by atoms with van der Waals surface area (Å²) in [5.41, 5.74) is 0.